The Bertz CT molecular complexity index is 1160. The molecule has 0 bridgehead atoms. The number of carbonyl (C=O) groups is 1. The van der Waals surface area contributed by atoms with Gasteiger partial charge in [0.25, 0.3) is 0 Å². The molecule has 178 valence electrons. The van der Waals surface area contributed by atoms with Gasteiger partial charge in [-0.3, -0.25) is 0 Å². The molecule has 1 saturated carbocycles. The van der Waals surface area contributed by atoms with Crippen LogP contribution >= 0.6 is 0 Å². The number of hydrogen-bond acceptors (Lipinski definition) is 2. The highest BCUT2D eigenvalue weighted by atomic mass is 19.2. The van der Waals surface area contributed by atoms with Crippen LogP contribution in [0.1, 0.15) is 72.9 Å². The highest BCUT2D eigenvalue weighted by Gasteiger charge is 2.27. The van der Waals surface area contributed by atoms with Gasteiger partial charge < -0.3 is 4.74 Å². The van der Waals surface area contributed by atoms with Crippen LogP contribution in [0.25, 0.3) is 11.1 Å². The Balaban J connectivity index is 1.45. The molecule has 0 aromatic heterocycles. The summed E-state index contributed by atoms with van der Waals surface area (Å²) in [4.78, 5) is 12.5. The summed E-state index contributed by atoms with van der Waals surface area (Å²) < 4.78 is 49.2. The predicted octanol–water partition coefficient (Wildman–Crippen LogP) is 8.37. The van der Waals surface area contributed by atoms with E-state index in [-0.39, 0.29) is 17.5 Å². The van der Waals surface area contributed by atoms with Gasteiger partial charge in [0.2, 0.25) is 0 Å². The molecule has 2 nitrogen and oxygen atoms in total. The summed E-state index contributed by atoms with van der Waals surface area (Å²) in [5.41, 5.74) is 1.77. The van der Waals surface area contributed by atoms with Crippen molar-refractivity contribution in [3.05, 3.63) is 88.7 Å². The van der Waals surface area contributed by atoms with Gasteiger partial charge in [0, 0.05) is 5.56 Å². The summed E-state index contributed by atoms with van der Waals surface area (Å²) in [5, 5.41) is 0. The van der Waals surface area contributed by atoms with Crippen molar-refractivity contribution >= 4 is 5.97 Å². The van der Waals surface area contributed by atoms with Crippen LogP contribution < -0.4 is 4.74 Å². The molecule has 1 aliphatic carbocycles. The largest absolute Gasteiger partial charge is 0.423 e. The average molecular weight is 467 g/mol. The normalized spacial score (nSPS) is 18.0. The first-order valence-electron chi connectivity index (χ1n) is 11.9. The maximum atomic E-state index is 14.9. The molecule has 3 aromatic carbocycles. The molecule has 0 spiro atoms. The van der Waals surface area contributed by atoms with Crippen molar-refractivity contribution in [3.8, 4) is 16.9 Å². The molecule has 5 heteroatoms. The molecule has 0 radical (unpaired) electrons. The zero-order valence-corrected chi connectivity index (χ0v) is 19.5. The van der Waals surface area contributed by atoms with E-state index in [1.54, 1.807) is 18.2 Å². The van der Waals surface area contributed by atoms with Crippen LogP contribution in [0.5, 0.6) is 5.75 Å². The molecule has 0 unspecified atom stereocenters. The quantitative estimate of drug-likeness (QED) is 0.269. The molecule has 1 fully saturated rings. The van der Waals surface area contributed by atoms with E-state index in [0.29, 0.717) is 22.6 Å². The Morgan fingerprint density at radius 3 is 2.26 bits per heavy atom. The Morgan fingerprint density at radius 2 is 1.62 bits per heavy atom. The molecule has 4 rings (SSSR count). The number of benzene rings is 3. The van der Waals surface area contributed by atoms with Crippen molar-refractivity contribution in [2.24, 2.45) is 5.92 Å². The first-order chi connectivity index (χ1) is 16.4. The summed E-state index contributed by atoms with van der Waals surface area (Å²) >= 11 is 0. The second-order valence-electron chi connectivity index (χ2n) is 9.23. The van der Waals surface area contributed by atoms with Crippen LogP contribution in [0.15, 0.2) is 54.6 Å². The third-order valence-electron chi connectivity index (χ3n) is 6.82. The van der Waals surface area contributed by atoms with Crippen LogP contribution in [-0.2, 0) is 0 Å². The Morgan fingerprint density at radius 1 is 0.912 bits per heavy atom. The summed E-state index contributed by atoms with van der Waals surface area (Å²) in [5.74, 6) is -2.64. The smallest absolute Gasteiger partial charge is 0.346 e. The lowest BCUT2D eigenvalue weighted by Crippen LogP contribution is -2.17. The zero-order chi connectivity index (χ0) is 24.2. The summed E-state index contributed by atoms with van der Waals surface area (Å²) in [6, 6.07) is 14.0. The van der Waals surface area contributed by atoms with Crippen molar-refractivity contribution in [3.63, 3.8) is 0 Å². The van der Waals surface area contributed by atoms with E-state index in [1.807, 2.05) is 13.0 Å². The van der Waals surface area contributed by atoms with Crippen molar-refractivity contribution in [2.75, 3.05) is 0 Å². The van der Waals surface area contributed by atoms with Crippen molar-refractivity contribution in [1.82, 2.24) is 0 Å². The number of aryl methyl sites for hydroxylation is 1. The molecule has 0 atom stereocenters. The van der Waals surface area contributed by atoms with Gasteiger partial charge in [-0.15, -0.1) is 0 Å². The van der Waals surface area contributed by atoms with E-state index in [0.717, 1.165) is 37.7 Å². The third-order valence-corrected chi connectivity index (χ3v) is 6.82. The van der Waals surface area contributed by atoms with Gasteiger partial charge in [-0.2, -0.15) is 0 Å². The Labute approximate surface area is 198 Å². The van der Waals surface area contributed by atoms with Gasteiger partial charge in [-0.25, -0.2) is 18.0 Å². The summed E-state index contributed by atoms with van der Waals surface area (Å²) in [6.07, 6.45) is 6.02. The standard InChI is InChI=1S/C29H29F3O2/c1-3-4-19-6-8-21(9-7-19)24-15-16-25(28(32)27(24)31)29(33)34-22-12-10-20(11-13-22)23-14-5-18(2)17-26(23)30/h5,10-17,19,21H,3-4,6-9H2,1-2H3. The highest BCUT2D eigenvalue weighted by Crippen LogP contribution is 2.39. The number of halogens is 3. The number of rotatable bonds is 6. The Hall–Kier alpha value is -3.08. The van der Waals surface area contributed by atoms with E-state index in [2.05, 4.69) is 6.92 Å². The zero-order valence-electron chi connectivity index (χ0n) is 19.5. The Kier molecular flexibility index (Phi) is 7.40. The number of hydrogen-bond donors (Lipinski definition) is 0. The van der Waals surface area contributed by atoms with Crippen LogP contribution in [-0.4, -0.2) is 5.97 Å². The minimum Gasteiger partial charge on any atom is -0.423 e. The molecule has 0 aliphatic heterocycles. The van der Waals surface area contributed by atoms with E-state index in [4.69, 9.17) is 4.74 Å². The van der Waals surface area contributed by atoms with E-state index in [1.165, 1.54) is 36.8 Å². The second-order valence-corrected chi connectivity index (χ2v) is 9.23. The predicted molar refractivity (Wildman–Crippen MR) is 127 cm³/mol. The van der Waals surface area contributed by atoms with Gasteiger partial charge in [0.15, 0.2) is 11.6 Å². The van der Waals surface area contributed by atoms with Gasteiger partial charge in [0.1, 0.15) is 11.6 Å². The van der Waals surface area contributed by atoms with Crippen LogP contribution in [0, 0.1) is 30.3 Å². The number of esters is 1. The number of ether oxygens (including phenoxy) is 1. The maximum Gasteiger partial charge on any atom is 0.346 e. The van der Waals surface area contributed by atoms with Crippen molar-refractivity contribution in [1.29, 1.82) is 0 Å². The van der Waals surface area contributed by atoms with Gasteiger partial charge in [-0.1, -0.05) is 50.1 Å². The fourth-order valence-corrected chi connectivity index (χ4v) is 4.93. The summed E-state index contributed by atoms with van der Waals surface area (Å²) in [6.45, 7) is 3.97. The van der Waals surface area contributed by atoms with Crippen LogP contribution in [0.4, 0.5) is 13.2 Å². The van der Waals surface area contributed by atoms with Gasteiger partial charge >= 0.3 is 5.97 Å². The van der Waals surface area contributed by atoms with Crippen molar-refractivity contribution in [2.45, 2.75) is 58.3 Å². The molecule has 0 heterocycles. The molecule has 0 saturated heterocycles. The molecular formula is C29H29F3O2. The molecular weight excluding hydrogens is 437 g/mol. The minimum atomic E-state index is -1.17. The van der Waals surface area contributed by atoms with Crippen LogP contribution in [0.2, 0.25) is 0 Å². The monoisotopic (exact) mass is 466 g/mol. The van der Waals surface area contributed by atoms with E-state index in [9.17, 15) is 18.0 Å². The first-order valence-corrected chi connectivity index (χ1v) is 11.9. The first kappa shape index (κ1) is 24.1. The number of carbonyl (C=O) groups excluding carboxylic acids is 1. The summed E-state index contributed by atoms with van der Waals surface area (Å²) in [7, 11) is 0. The highest BCUT2D eigenvalue weighted by molar-refractivity contribution is 5.91. The molecule has 0 N–H and O–H groups in total. The lowest BCUT2D eigenvalue weighted by atomic mass is 9.77. The van der Waals surface area contributed by atoms with Gasteiger partial charge in [-0.05, 0) is 85.4 Å². The van der Waals surface area contributed by atoms with Gasteiger partial charge in [0.05, 0.1) is 5.56 Å². The third kappa shape index (κ3) is 5.19. The van der Waals surface area contributed by atoms with E-state index < -0.39 is 23.2 Å². The molecule has 0 amide bonds. The molecule has 3 aromatic rings. The fraction of sp³-hybridized carbons (Fsp3) is 0.345. The molecule has 1 aliphatic rings. The molecule has 34 heavy (non-hydrogen) atoms. The van der Waals surface area contributed by atoms with Crippen molar-refractivity contribution < 1.29 is 22.7 Å². The lowest BCUT2D eigenvalue weighted by Gasteiger charge is -2.29. The SMILES string of the molecule is CCCC1CCC(c2ccc(C(=O)Oc3ccc(-c4ccc(C)cc4F)cc3)c(F)c2F)CC1. The van der Waals surface area contributed by atoms with Crippen LogP contribution in [0.3, 0.4) is 0 Å². The maximum absolute atomic E-state index is 14.9. The van der Waals surface area contributed by atoms with E-state index >= 15 is 0 Å². The second kappa shape index (κ2) is 10.5. The fourth-order valence-electron chi connectivity index (χ4n) is 4.93. The lowest BCUT2D eigenvalue weighted by molar-refractivity contribution is 0.0728. The topological polar surface area (TPSA) is 26.3 Å². The minimum absolute atomic E-state index is 0.0256. The average Bonchev–Trinajstić information content (AvgIpc) is 2.82.